The van der Waals surface area contributed by atoms with E-state index >= 15 is 0 Å². The Morgan fingerprint density at radius 1 is 1.21 bits per heavy atom. The fourth-order valence-corrected chi connectivity index (χ4v) is 3.57. The molecule has 4 rings (SSSR count). The van der Waals surface area contributed by atoms with Crippen LogP contribution in [0.1, 0.15) is 33.7 Å². The highest BCUT2D eigenvalue weighted by molar-refractivity contribution is 6.00. The first-order valence-electron chi connectivity index (χ1n) is 9.33. The van der Waals surface area contributed by atoms with E-state index in [0.717, 1.165) is 24.2 Å². The van der Waals surface area contributed by atoms with Crippen LogP contribution in [0, 0.1) is 6.92 Å². The number of rotatable bonds is 6. The summed E-state index contributed by atoms with van der Waals surface area (Å²) in [6, 6.07) is 15.7. The van der Waals surface area contributed by atoms with Gasteiger partial charge in [-0.05, 0) is 48.6 Å². The number of allylic oxidation sites excluding steroid dienone is 1. The molecule has 5 nitrogen and oxygen atoms in total. The molecule has 1 N–H and O–H groups in total. The Morgan fingerprint density at radius 3 is 2.82 bits per heavy atom. The Balaban J connectivity index is 1.44. The van der Waals surface area contributed by atoms with Crippen molar-refractivity contribution in [3.63, 3.8) is 0 Å². The fraction of sp³-hybridized carbons (Fsp3) is 0.217. The molecule has 1 aromatic heterocycles. The van der Waals surface area contributed by atoms with Crippen molar-refractivity contribution >= 4 is 11.5 Å². The molecule has 1 heterocycles. The summed E-state index contributed by atoms with van der Waals surface area (Å²) in [7, 11) is 1.67. The molecule has 2 aromatic carbocycles. The third-order valence-corrected chi connectivity index (χ3v) is 5.05. The second kappa shape index (κ2) is 7.72. The van der Waals surface area contributed by atoms with E-state index < -0.39 is 0 Å². The molecule has 0 aliphatic heterocycles. The second-order valence-corrected chi connectivity index (χ2v) is 6.79. The van der Waals surface area contributed by atoms with Crippen molar-refractivity contribution in [2.24, 2.45) is 0 Å². The summed E-state index contributed by atoms with van der Waals surface area (Å²) in [5.41, 5.74) is 5.67. The highest BCUT2D eigenvalue weighted by atomic mass is 16.5. The Morgan fingerprint density at radius 2 is 2.04 bits per heavy atom. The molecule has 0 atom stereocenters. The molecular formula is C23H22N2O3. The number of carbonyl (C=O) groups is 1. The van der Waals surface area contributed by atoms with Gasteiger partial charge in [0.15, 0.2) is 0 Å². The minimum atomic E-state index is -0.165. The summed E-state index contributed by atoms with van der Waals surface area (Å²) in [5.74, 6) is 1.21. The standard InChI is InChI=1S/C23H22N2O3/c1-15-21(22(25-28-15)18-6-4-3-5-7-18)23(26)24-13-12-17-9-8-16-10-11-19(27-2)14-20(16)17/h3-7,9-11,14H,8,12-13H2,1-2H3,(H,24,26). The van der Waals surface area contributed by atoms with E-state index in [1.165, 1.54) is 16.7 Å². The summed E-state index contributed by atoms with van der Waals surface area (Å²) < 4.78 is 10.6. The van der Waals surface area contributed by atoms with Crippen molar-refractivity contribution in [1.29, 1.82) is 0 Å². The Hall–Kier alpha value is -3.34. The molecule has 0 radical (unpaired) electrons. The van der Waals surface area contributed by atoms with Crippen molar-refractivity contribution in [3.05, 3.63) is 77.1 Å². The predicted molar refractivity (Wildman–Crippen MR) is 108 cm³/mol. The quantitative estimate of drug-likeness (QED) is 0.694. The van der Waals surface area contributed by atoms with E-state index in [-0.39, 0.29) is 5.91 Å². The van der Waals surface area contributed by atoms with Gasteiger partial charge in [0.05, 0.1) is 7.11 Å². The number of ether oxygens (including phenoxy) is 1. The van der Waals surface area contributed by atoms with Gasteiger partial charge in [0.2, 0.25) is 0 Å². The van der Waals surface area contributed by atoms with Gasteiger partial charge in [-0.2, -0.15) is 0 Å². The number of hydrogen-bond acceptors (Lipinski definition) is 4. The highest BCUT2D eigenvalue weighted by Gasteiger charge is 2.21. The Bertz CT molecular complexity index is 1040. The van der Waals surface area contributed by atoms with Crippen LogP contribution in [0.4, 0.5) is 0 Å². The van der Waals surface area contributed by atoms with Crippen molar-refractivity contribution in [2.75, 3.05) is 13.7 Å². The molecule has 0 bridgehead atoms. The first-order chi connectivity index (χ1) is 13.7. The SMILES string of the molecule is COc1ccc2c(c1)C(CCNC(=O)c1c(-c3ccccc3)noc1C)=CC2. The number of nitrogens with zero attached hydrogens (tertiary/aromatic N) is 1. The third-order valence-electron chi connectivity index (χ3n) is 5.05. The molecule has 0 unspecified atom stereocenters. The molecule has 1 aliphatic carbocycles. The Labute approximate surface area is 164 Å². The normalized spacial score (nSPS) is 12.4. The van der Waals surface area contributed by atoms with E-state index in [2.05, 4.69) is 28.7 Å². The van der Waals surface area contributed by atoms with Crippen LogP contribution in [-0.2, 0) is 6.42 Å². The lowest BCUT2D eigenvalue weighted by molar-refractivity contribution is 0.0953. The van der Waals surface area contributed by atoms with E-state index in [0.29, 0.717) is 23.6 Å². The third kappa shape index (κ3) is 3.43. The van der Waals surface area contributed by atoms with Crippen molar-refractivity contribution in [1.82, 2.24) is 10.5 Å². The van der Waals surface area contributed by atoms with Crippen LogP contribution in [0.15, 0.2) is 59.1 Å². The predicted octanol–water partition coefficient (Wildman–Crippen LogP) is 4.42. The van der Waals surface area contributed by atoms with E-state index in [1.807, 2.05) is 36.4 Å². The van der Waals surface area contributed by atoms with Crippen LogP contribution < -0.4 is 10.1 Å². The zero-order valence-electron chi connectivity index (χ0n) is 16.0. The second-order valence-electron chi connectivity index (χ2n) is 6.79. The average molecular weight is 374 g/mol. The maximum atomic E-state index is 12.8. The molecule has 0 saturated carbocycles. The molecule has 1 amide bonds. The number of fused-ring (bicyclic) bond motifs is 1. The highest BCUT2D eigenvalue weighted by Crippen LogP contribution is 2.32. The van der Waals surface area contributed by atoms with Gasteiger partial charge in [-0.1, -0.05) is 47.6 Å². The molecule has 142 valence electrons. The first-order valence-corrected chi connectivity index (χ1v) is 9.33. The lowest BCUT2D eigenvalue weighted by Crippen LogP contribution is -2.25. The number of methoxy groups -OCH3 is 1. The number of nitrogens with one attached hydrogen (secondary N) is 1. The summed E-state index contributed by atoms with van der Waals surface area (Å²) in [4.78, 5) is 12.8. The Kier molecular flexibility index (Phi) is 4.98. The van der Waals surface area contributed by atoms with Crippen LogP contribution >= 0.6 is 0 Å². The molecule has 0 saturated heterocycles. The van der Waals surface area contributed by atoms with Gasteiger partial charge >= 0.3 is 0 Å². The number of carbonyl (C=O) groups excluding carboxylic acids is 1. The van der Waals surface area contributed by atoms with Gasteiger partial charge in [-0.25, -0.2) is 0 Å². The summed E-state index contributed by atoms with van der Waals surface area (Å²) >= 11 is 0. The minimum Gasteiger partial charge on any atom is -0.497 e. The van der Waals surface area contributed by atoms with Crippen molar-refractivity contribution < 1.29 is 14.1 Å². The smallest absolute Gasteiger partial charge is 0.257 e. The van der Waals surface area contributed by atoms with Gasteiger partial charge in [-0.15, -0.1) is 0 Å². The first kappa shape index (κ1) is 18.0. The number of aromatic nitrogens is 1. The van der Waals surface area contributed by atoms with Crippen LogP contribution in [0.5, 0.6) is 5.75 Å². The maximum Gasteiger partial charge on any atom is 0.257 e. The van der Waals surface area contributed by atoms with Gasteiger partial charge in [0.1, 0.15) is 22.8 Å². The van der Waals surface area contributed by atoms with E-state index in [1.54, 1.807) is 14.0 Å². The summed E-state index contributed by atoms with van der Waals surface area (Å²) in [5, 5.41) is 7.09. The monoisotopic (exact) mass is 374 g/mol. The summed E-state index contributed by atoms with van der Waals surface area (Å²) in [6.45, 7) is 2.30. The number of aryl methyl sites for hydroxylation is 1. The van der Waals surface area contributed by atoms with Gasteiger partial charge in [-0.3, -0.25) is 4.79 Å². The van der Waals surface area contributed by atoms with Crippen molar-refractivity contribution in [3.8, 4) is 17.0 Å². The van der Waals surface area contributed by atoms with Crippen LogP contribution in [-0.4, -0.2) is 24.7 Å². The van der Waals surface area contributed by atoms with Gasteiger partial charge in [0.25, 0.3) is 5.91 Å². The molecule has 0 spiro atoms. The topological polar surface area (TPSA) is 64.4 Å². The molecule has 5 heteroatoms. The van der Waals surface area contributed by atoms with Crippen molar-refractivity contribution in [2.45, 2.75) is 19.8 Å². The van der Waals surface area contributed by atoms with Crippen LogP contribution in [0.25, 0.3) is 16.8 Å². The van der Waals surface area contributed by atoms with Crippen LogP contribution in [0.3, 0.4) is 0 Å². The number of amides is 1. The maximum absolute atomic E-state index is 12.8. The van der Waals surface area contributed by atoms with E-state index in [4.69, 9.17) is 9.26 Å². The lowest BCUT2D eigenvalue weighted by Gasteiger charge is -2.09. The molecule has 1 aliphatic rings. The number of hydrogen-bond donors (Lipinski definition) is 1. The zero-order valence-corrected chi connectivity index (χ0v) is 16.0. The molecule has 28 heavy (non-hydrogen) atoms. The summed E-state index contributed by atoms with van der Waals surface area (Å²) in [6.07, 6.45) is 3.90. The van der Waals surface area contributed by atoms with Gasteiger partial charge < -0.3 is 14.6 Å². The molecular weight excluding hydrogens is 352 g/mol. The number of benzene rings is 2. The molecule has 0 fully saturated rings. The van der Waals surface area contributed by atoms with Crippen LogP contribution in [0.2, 0.25) is 0 Å². The largest absolute Gasteiger partial charge is 0.497 e. The fourth-order valence-electron chi connectivity index (χ4n) is 3.57. The van der Waals surface area contributed by atoms with E-state index in [9.17, 15) is 4.79 Å². The van der Waals surface area contributed by atoms with Gasteiger partial charge in [0, 0.05) is 12.1 Å². The molecule has 3 aromatic rings. The minimum absolute atomic E-state index is 0.165. The lowest BCUT2D eigenvalue weighted by atomic mass is 10.0. The zero-order chi connectivity index (χ0) is 19.5. The average Bonchev–Trinajstić information content (AvgIpc) is 3.31.